The highest BCUT2D eigenvalue weighted by atomic mass is 16.4. The Hall–Kier alpha value is -2.25. The monoisotopic (exact) mass is 355 g/mol. The summed E-state index contributed by atoms with van der Waals surface area (Å²) in [5.41, 5.74) is 0.920. The number of aromatic nitrogens is 2. The predicted molar refractivity (Wildman–Crippen MR) is 97.4 cm³/mol. The van der Waals surface area contributed by atoms with Gasteiger partial charge in [0.2, 0.25) is 17.7 Å². The third-order valence-corrected chi connectivity index (χ3v) is 5.09. The molecule has 2 fully saturated rings. The van der Waals surface area contributed by atoms with Crippen LogP contribution in [0.3, 0.4) is 0 Å². The molecule has 3 atom stereocenters. The number of rotatable bonds is 5. The Morgan fingerprint density at radius 3 is 2.88 bits per heavy atom. The molecule has 0 aliphatic carbocycles. The first-order valence-electron chi connectivity index (χ1n) is 9.27. The van der Waals surface area contributed by atoms with E-state index in [2.05, 4.69) is 39.6 Å². The Balaban J connectivity index is 1.46. The molecule has 7 nitrogen and oxygen atoms in total. The second-order valence-corrected chi connectivity index (χ2v) is 7.44. The van der Waals surface area contributed by atoms with Gasteiger partial charge in [0.15, 0.2) is 0 Å². The molecule has 1 amide bonds. The molecule has 1 aromatic carbocycles. The number of fused-ring (bicyclic) bond motifs is 1. The number of hydrogen-bond acceptors (Lipinski definition) is 6. The normalized spacial score (nSPS) is 26.1. The highest BCUT2D eigenvalue weighted by molar-refractivity contribution is 5.83. The topological polar surface area (TPSA) is 83.3 Å². The molecule has 4 rings (SSSR count). The van der Waals surface area contributed by atoms with Crippen molar-refractivity contribution in [2.45, 2.75) is 50.9 Å². The number of nitrogens with one attached hydrogen (secondary N) is 2. The summed E-state index contributed by atoms with van der Waals surface area (Å²) >= 11 is 0. The van der Waals surface area contributed by atoms with E-state index in [1.165, 1.54) is 0 Å². The van der Waals surface area contributed by atoms with Crippen LogP contribution in [-0.4, -0.2) is 58.3 Å². The third kappa shape index (κ3) is 3.50. The molecule has 2 aliphatic heterocycles. The number of benzene rings is 1. The van der Waals surface area contributed by atoms with E-state index in [4.69, 9.17) is 4.42 Å². The quantitative estimate of drug-likeness (QED) is 0.839. The van der Waals surface area contributed by atoms with Gasteiger partial charge in [-0.2, -0.15) is 0 Å². The lowest BCUT2D eigenvalue weighted by atomic mass is 10.1. The SMILES string of the molecule is CC(C)N[C@H]1C[C@H]2C(=O)NC[C@@H](Cc3nnc(-c4ccccc4)o3)N2C1. The summed E-state index contributed by atoms with van der Waals surface area (Å²) in [6.07, 6.45) is 1.49. The average molecular weight is 355 g/mol. The van der Waals surface area contributed by atoms with Gasteiger partial charge in [0, 0.05) is 43.2 Å². The lowest BCUT2D eigenvalue weighted by Crippen LogP contribution is -2.58. The van der Waals surface area contributed by atoms with Gasteiger partial charge in [-0.3, -0.25) is 9.69 Å². The maximum Gasteiger partial charge on any atom is 0.247 e. The minimum atomic E-state index is -0.0680. The van der Waals surface area contributed by atoms with Crippen molar-refractivity contribution in [3.63, 3.8) is 0 Å². The van der Waals surface area contributed by atoms with E-state index < -0.39 is 0 Å². The minimum Gasteiger partial charge on any atom is -0.421 e. The molecule has 138 valence electrons. The van der Waals surface area contributed by atoms with Crippen LogP contribution < -0.4 is 10.6 Å². The summed E-state index contributed by atoms with van der Waals surface area (Å²) in [5.74, 6) is 1.28. The highest BCUT2D eigenvalue weighted by Crippen LogP contribution is 2.26. The van der Waals surface area contributed by atoms with E-state index in [1.54, 1.807) is 0 Å². The van der Waals surface area contributed by atoms with Gasteiger partial charge in [-0.15, -0.1) is 10.2 Å². The van der Waals surface area contributed by atoms with Crippen molar-refractivity contribution >= 4 is 5.91 Å². The van der Waals surface area contributed by atoms with Crippen LogP contribution in [0.4, 0.5) is 0 Å². The summed E-state index contributed by atoms with van der Waals surface area (Å²) < 4.78 is 5.86. The maximum absolute atomic E-state index is 12.3. The molecule has 2 aliphatic rings. The molecule has 2 N–H and O–H groups in total. The van der Waals surface area contributed by atoms with Crippen LogP contribution in [0.5, 0.6) is 0 Å². The van der Waals surface area contributed by atoms with Crippen LogP contribution in [0.15, 0.2) is 34.7 Å². The first-order valence-corrected chi connectivity index (χ1v) is 9.27. The van der Waals surface area contributed by atoms with Crippen molar-refractivity contribution in [3.05, 3.63) is 36.2 Å². The summed E-state index contributed by atoms with van der Waals surface area (Å²) in [7, 11) is 0. The number of carbonyl (C=O) groups excluding carboxylic acids is 1. The van der Waals surface area contributed by atoms with Crippen LogP contribution in [0, 0.1) is 0 Å². The molecule has 2 saturated heterocycles. The lowest BCUT2D eigenvalue weighted by Gasteiger charge is -2.36. The average Bonchev–Trinajstić information content (AvgIpc) is 3.25. The number of hydrogen-bond donors (Lipinski definition) is 2. The Labute approximate surface area is 153 Å². The van der Waals surface area contributed by atoms with Gasteiger partial charge >= 0.3 is 0 Å². The second-order valence-electron chi connectivity index (χ2n) is 7.44. The van der Waals surface area contributed by atoms with Crippen molar-refractivity contribution in [3.8, 4) is 11.5 Å². The largest absolute Gasteiger partial charge is 0.421 e. The van der Waals surface area contributed by atoms with E-state index >= 15 is 0 Å². The molecular weight excluding hydrogens is 330 g/mol. The van der Waals surface area contributed by atoms with Crippen molar-refractivity contribution in [1.82, 2.24) is 25.7 Å². The van der Waals surface area contributed by atoms with Crippen molar-refractivity contribution < 1.29 is 9.21 Å². The molecule has 26 heavy (non-hydrogen) atoms. The van der Waals surface area contributed by atoms with Crippen LogP contribution >= 0.6 is 0 Å². The zero-order chi connectivity index (χ0) is 18.1. The molecule has 7 heteroatoms. The maximum atomic E-state index is 12.3. The molecular formula is C19H25N5O2. The molecule has 0 bridgehead atoms. The number of piperazine rings is 1. The van der Waals surface area contributed by atoms with Gasteiger partial charge in [-0.1, -0.05) is 32.0 Å². The van der Waals surface area contributed by atoms with E-state index in [0.29, 0.717) is 36.8 Å². The second kappa shape index (κ2) is 7.17. The smallest absolute Gasteiger partial charge is 0.247 e. The molecule has 0 spiro atoms. The molecule has 1 aromatic heterocycles. The molecule has 2 aromatic rings. The van der Waals surface area contributed by atoms with E-state index in [9.17, 15) is 4.79 Å². The van der Waals surface area contributed by atoms with Crippen molar-refractivity contribution in [2.24, 2.45) is 0 Å². The van der Waals surface area contributed by atoms with Gasteiger partial charge in [-0.25, -0.2) is 0 Å². The predicted octanol–water partition coefficient (Wildman–Crippen LogP) is 1.22. The van der Waals surface area contributed by atoms with Gasteiger partial charge < -0.3 is 15.1 Å². The highest BCUT2D eigenvalue weighted by Gasteiger charge is 2.43. The third-order valence-electron chi connectivity index (χ3n) is 5.09. The summed E-state index contributed by atoms with van der Waals surface area (Å²) in [6.45, 7) is 5.77. The Bertz CT molecular complexity index is 760. The minimum absolute atomic E-state index is 0.0680. The van der Waals surface area contributed by atoms with E-state index in [1.807, 2.05) is 30.3 Å². The van der Waals surface area contributed by atoms with Crippen molar-refractivity contribution in [2.75, 3.05) is 13.1 Å². The molecule has 3 heterocycles. The van der Waals surface area contributed by atoms with Crippen molar-refractivity contribution in [1.29, 1.82) is 0 Å². The van der Waals surface area contributed by atoms with Crippen LogP contribution in [0.1, 0.15) is 26.2 Å². The molecule has 0 saturated carbocycles. The number of amides is 1. The van der Waals surface area contributed by atoms with Gasteiger partial charge in [0.05, 0.1) is 6.04 Å². The summed E-state index contributed by atoms with van der Waals surface area (Å²) in [6, 6.07) is 10.6. The summed E-state index contributed by atoms with van der Waals surface area (Å²) in [4.78, 5) is 14.6. The molecule has 0 radical (unpaired) electrons. The molecule has 0 unspecified atom stereocenters. The van der Waals surface area contributed by atoms with Crippen LogP contribution in [-0.2, 0) is 11.2 Å². The first-order chi connectivity index (χ1) is 12.6. The first kappa shape index (κ1) is 17.2. The Morgan fingerprint density at radius 1 is 1.31 bits per heavy atom. The summed E-state index contributed by atoms with van der Waals surface area (Å²) in [5, 5.41) is 15.0. The number of carbonyl (C=O) groups is 1. The standard InChI is InChI=1S/C19H25N5O2/c1-12(2)21-14-8-16-18(25)20-10-15(24(16)11-14)9-17-22-23-19(26-17)13-6-4-3-5-7-13/h3-7,12,14-16,21H,8-11H2,1-2H3,(H,20,25)/t14-,15+,16-/m0/s1. The van der Waals surface area contributed by atoms with Gasteiger partial charge in [0.1, 0.15) is 0 Å². The fourth-order valence-corrected chi connectivity index (χ4v) is 3.99. The Morgan fingerprint density at radius 2 is 2.12 bits per heavy atom. The zero-order valence-corrected chi connectivity index (χ0v) is 15.2. The fraction of sp³-hybridized carbons (Fsp3) is 0.526. The lowest BCUT2D eigenvalue weighted by molar-refractivity contribution is -0.129. The van der Waals surface area contributed by atoms with E-state index in [0.717, 1.165) is 18.5 Å². The van der Waals surface area contributed by atoms with Crippen LogP contribution in [0.2, 0.25) is 0 Å². The van der Waals surface area contributed by atoms with Crippen LogP contribution in [0.25, 0.3) is 11.5 Å². The Kier molecular flexibility index (Phi) is 4.74. The zero-order valence-electron chi connectivity index (χ0n) is 15.2. The fourth-order valence-electron chi connectivity index (χ4n) is 3.99. The van der Waals surface area contributed by atoms with Gasteiger partial charge in [0.25, 0.3) is 0 Å². The van der Waals surface area contributed by atoms with Gasteiger partial charge in [-0.05, 0) is 18.6 Å². The van der Waals surface area contributed by atoms with E-state index in [-0.39, 0.29) is 18.0 Å². The number of nitrogens with zero attached hydrogens (tertiary/aromatic N) is 3.